The van der Waals surface area contributed by atoms with Crippen molar-refractivity contribution in [3.05, 3.63) is 41.5 Å². The molecule has 0 aliphatic rings. The van der Waals surface area contributed by atoms with E-state index < -0.39 is 0 Å². The number of carbonyl (C=O) groups excluding carboxylic acids is 1. The molecule has 0 unspecified atom stereocenters. The summed E-state index contributed by atoms with van der Waals surface area (Å²) in [5, 5.41) is 17.7. The number of rotatable bonds is 7. The zero-order valence-corrected chi connectivity index (χ0v) is 11.2. The van der Waals surface area contributed by atoms with Crippen LogP contribution in [0.2, 0.25) is 0 Å². The van der Waals surface area contributed by atoms with Gasteiger partial charge in [0, 0.05) is 19.2 Å². The molecule has 0 aliphatic heterocycles. The predicted octanol–water partition coefficient (Wildman–Crippen LogP) is 1.08. The fourth-order valence-corrected chi connectivity index (χ4v) is 1.71. The first kappa shape index (κ1) is 15.4. The SMILES string of the molecule is CCc1ccc(C=CC(=O)N(CCO)CCO)cc1. The van der Waals surface area contributed by atoms with Gasteiger partial charge in [0.1, 0.15) is 0 Å². The molecule has 1 aromatic carbocycles. The van der Waals surface area contributed by atoms with Crippen molar-refractivity contribution >= 4 is 12.0 Å². The zero-order valence-electron chi connectivity index (χ0n) is 11.2. The molecule has 1 aromatic rings. The molecule has 19 heavy (non-hydrogen) atoms. The minimum atomic E-state index is -0.206. The molecule has 0 fully saturated rings. The van der Waals surface area contributed by atoms with Crippen molar-refractivity contribution in [2.24, 2.45) is 0 Å². The highest BCUT2D eigenvalue weighted by atomic mass is 16.3. The van der Waals surface area contributed by atoms with Crippen molar-refractivity contribution in [2.75, 3.05) is 26.3 Å². The van der Waals surface area contributed by atoms with E-state index in [1.807, 2.05) is 24.3 Å². The molecule has 0 heterocycles. The van der Waals surface area contributed by atoms with E-state index in [0.717, 1.165) is 12.0 Å². The average molecular weight is 263 g/mol. The van der Waals surface area contributed by atoms with Gasteiger partial charge in [-0.3, -0.25) is 4.79 Å². The first-order valence-electron chi connectivity index (χ1n) is 6.49. The lowest BCUT2D eigenvalue weighted by atomic mass is 10.1. The highest BCUT2D eigenvalue weighted by molar-refractivity contribution is 5.91. The van der Waals surface area contributed by atoms with Crippen LogP contribution in [-0.2, 0) is 11.2 Å². The van der Waals surface area contributed by atoms with Crippen molar-refractivity contribution in [1.82, 2.24) is 4.90 Å². The Morgan fingerprint density at radius 1 is 1.16 bits per heavy atom. The Hall–Kier alpha value is -1.65. The number of nitrogens with zero attached hydrogens (tertiary/aromatic N) is 1. The standard InChI is InChI=1S/C15H21NO3/c1-2-13-3-5-14(6-4-13)7-8-15(19)16(9-11-17)10-12-18/h3-8,17-18H,2,9-12H2,1H3. The van der Waals surface area contributed by atoms with Gasteiger partial charge < -0.3 is 15.1 Å². The van der Waals surface area contributed by atoms with E-state index in [1.165, 1.54) is 16.5 Å². The summed E-state index contributed by atoms with van der Waals surface area (Å²) in [7, 11) is 0. The number of aliphatic hydroxyl groups excluding tert-OH is 2. The molecule has 4 nitrogen and oxygen atoms in total. The van der Waals surface area contributed by atoms with Crippen LogP contribution in [-0.4, -0.2) is 47.3 Å². The third-order valence-corrected chi connectivity index (χ3v) is 2.86. The number of carbonyl (C=O) groups is 1. The highest BCUT2D eigenvalue weighted by Crippen LogP contribution is 2.07. The molecule has 0 radical (unpaired) electrons. The Morgan fingerprint density at radius 2 is 1.74 bits per heavy atom. The van der Waals surface area contributed by atoms with E-state index in [2.05, 4.69) is 6.92 Å². The molecule has 4 heteroatoms. The molecule has 0 aliphatic carbocycles. The van der Waals surface area contributed by atoms with E-state index >= 15 is 0 Å². The normalized spacial score (nSPS) is 10.9. The van der Waals surface area contributed by atoms with Crippen LogP contribution >= 0.6 is 0 Å². The van der Waals surface area contributed by atoms with Gasteiger partial charge in [-0.2, -0.15) is 0 Å². The molecule has 104 valence electrons. The molecule has 1 rings (SSSR count). The van der Waals surface area contributed by atoms with Gasteiger partial charge in [-0.05, 0) is 23.6 Å². The van der Waals surface area contributed by atoms with Crippen molar-refractivity contribution in [1.29, 1.82) is 0 Å². The molecule has 0 atom stereocenters. The first-order valence-corrected chi connectivity index (χ1v) is 6.49. The van der Waals surface area contributed by atoms with Crippen molar-refractivity contribution in [2.45, 2.75) is 13.3 Å². The van der Waals surface area contributed by atoms with E-state index in [0.29, 0.717) is 0 Å². The zero-order chi connectivity index (χ0) is 14.1. The minimum absolute atomic E-state index is 0.106. The summed E-state index contributed by atoms with van der Waals surface area (Å²) in [4.78, 5) is 13.3. The molecule has 2 N–H and O–H groups in total. The van der Waals surface area contributed by atoms with Crippen LogP contribution in [0.5, 0.6) is 0 Å². The molecule has 1 amide bonds. The summed E-state index contributed by atoms with van der Waals surface area (Å²) in [5.74, 6) is -0.206. The summed E-state index contributed by atoms with van der Waals surface area (Å²) in [6.45, 7) is 2.35. The fourth-order valence-electron chi connectivity index (χ4n) is 1.71. The van der Waals surface area contributed by atoms with Crippen LogP contribution in [0.4, 0.5) is 0 Å². The topological polar surface area (TPSA) is 60.8 Å². The maximum atomic E-state index is 11.8. The van der Waals surface area contributed by atoms with Gasteiger partial charge in [-0.15, -0.1) is 0 Å². The summed E-state index contributed by atoms with van der Waals surface area (Å²) in [5.41, 5.74) is 2.21. The van der Waals surface area contributed by atoms with Gasteiger partial charge in [0.15, 0.2) is 0 Å². The Morgan fingerprint density at radius 3 is 2.21 bits per heavy atom. The van der Waals surface area contributed by atoms with Crippen LogP contribution in [0.3, 0.4) is 0 Å². The second-order valence-corrected chi connectivity index (χ2v) is 4.20. The van der Waals surface area contributed by atoms with Crippen molar-refractivity contribution in [3.63, 3.8) is 0 Å². The van der Waals surface area contributed by atoms with Crippen LogP contribution in [0.15, 0.2) is 30.3 Å². The van der Waals surface area contributed by atoms with E-state index in [4.69, 9.17) is 10.2 Å². The van der Waals surface area contributed by atoms with E-state index in [1.54, 1.807) is 6.08 Å². The lowest BCUT2D eigenvalue weighted by Crippen LogP contribution is -2.34. The average Bonchev–Trinajstić information content (AvgIpc) is 2.45. The third kappa shape index (κ3) is 5.24. The van der Waals surface area contributed by atoms with Crippen LogP contribution in [0.25, 0.3) is 6.08 Å². The molecule has 0 aromatic heterocycles. The van der Waals surface area contributed by atoms with Gasteiger partial charge in [-0.25, -0.2) is 0 Å². The van der Waals surface area contributed by atoms with Crippen LogP contribution in [0, 0.1) is 0 Å². The fraction of sp³-hybridized carbons (Fsp3) is 0.400. The quantitative estimate of drug-likeness (QED) is 0.724. The molecular weight excluding hydrogens is 242 g/mol. The number of hydrogen-bond acceptors (Lipinski definition) is 3. The second kappa shape index (κ2) is 8.45. The first-order chi connectivity index (χ1) is 9.21. The van der Waals surface area contributed by atoms with Gasteiger partial charge in [0.05, 0.1) is 13.2 Å². The Bertz CT molecular complexity index is 406. The second-order valence-electron chi connectivity index (χ2n) is 4.20. The summed E-state index contributed by atoms with van der Waals surface area (Å²) in [6.07, 6.45) is 4.19. The summed E-state index contributed by atoms with van der Waals surface area (Å²) >= 11 is 0. The van der Waals surface area contributed by atoms with Gasteiger partial charge >= 0.3 is 0 Å². The predicted molar refractivity (Wildman–Crippen MR) is 75.6 cm³/mol. The van der Waals surface area contributed by atoms with Crippen molar-refractivity contribution < 1.29 is 15.0 Å². The number of aryl methyl sites for hydroxylation is 1. The number of amides is 1. The maximum absolute atomic E-state index is 11.8. The highest BCUT2D eigenvalue weighted by Gasteiger charge is 2.08. The molecular formula is C15H21NO3. The monoisotopic (exact) mass is 263 g/mol. The number of aliphatic hydroxyl groups is 2. The smallest absolute Gasteiger partial charge is 0.246 e. The lowest BCUT2D eigenvalue weighted by molar-refractivity contribution is -0.126. The van der Waals surface area contributed by atoms with E-state index in [-0.39, 0.29) is 32.2 Å². The van der Waals surface area contributed by atoms with E-state index in [9.17, 15) is 4.79 Å². The third-order valence-electron chi connectivity index (χ3n) is 2.86. The lowest BCUT2D eigenvalue weighted by Gasteiger charge is -2.18. The van der Waals surface area contributed by atoms with Gasteiger partial charge in [-0.1, -0.05) is 31.2 Å². The Labute approximate surface area is 114 Å². The number of benzene rings is 1. The summed E-state index contributed by atoms with van der Waals surface area (Å²) < 4.78 is 0. The van der Waals surface area contributed by atoms with Gasteiger partial charge in [0.2, 0.25) is 5.91 Å². The van der Waals surface area contributed by atoms with Crippen LogP contribution in [0.1, 0.15) is 18.1 Å². The molecule has 0 saturated heterocycles. The Balaban J connectivity index is 2.64. The Kier molecular flexibility index (Phi) is 6.85. The van der Waals surface area contributed by atoms with Gasteiger partial charge in [0.25, 0.3) is 0 Å². The van der Waals surface area contributed by atoms with Crippen molar-refractivity contribution in [3.8, 4) is 0 Å². The molecule has 0 bridgehead atoms. The maximum Gasteiger partial charge on any atom is 0.246 e. The largest absolute Gasteiger partial charge is 0.395 e. The minimum Gasteiger partial charge on any atom is -0.395 e. The number of hydrogen-bond donors (Lipinski definition) is 2. The molecule has 0 spiro atoms. The summed E-state index contributed by atoms with van der Waals surface area (Å²) in [6, 6.07) is 7.99. The molecule has 0 saturated carbocycles. The van der Waals surface area contributed by atoms with Crippen LogP contribution < -0.4 is 0 Å².